The highest BCUT2D eigenvalue weighted by molar-refractivity contribution is 7.80. The molecule has 0 bridgehead atoms. The molecule has 0 saturated heterocycles. The third-order valence-corrected chi connectivity index (χ3v) is 6.98. The summed E-state index contributed by atoms with van der Waals surface area (Å²) in [5.74, 6) is 1.16. The Bertz CT molecular complexity index is 942. The smallest absolute Gasteiger partial charge is 0.341 e. The molecule has 6 nitrogen and oxygen atoms in total. The van der Waals surface area contributed by atoms with Crippen LogP contribution in [0.4, 0.5) is 5.00 Å². The molecular formula is C24H32N2O4S2. The molecular weight excluding hydrogens is 444 g/mol. The third kappa shape index (κ3) is 6.13. The second-order valence-electron chi connectivity index (χ2n) is 7.66. The highest BCUT2D eigenvalue weighted by Crippen LogP contribution is 2.37. The number of esters is 1. The van der Waals surface area contributed by atoms with Gasteiger partial charge in [-0.3, -0.25) is 0 Å². The van der Waals surface area contributed by atoms with Gasteiger partial charge in [-0.1, -0.05) is 18.9 Å². The molecule has 0 atom stereocenters. The van der Waals surface area contributed by atoms with Crippen LogP contribution in [-0.2, 0) is 24.0 Å². The number of fused-ring (bicyclic) bond motifs is 1. The molecule has 8 heteroatoms. The zero-order valence-corrected chi connectivity index (χ0v) is 20.7. The molecule has 32 heavy (non-hydrogen) atoms. The van der Waals surface area contributed by atoms with E-state index in [1.807, 2.05) is 25.1 Å². The van der Waals surface area contributed by atoms with Crippen LogP contribution in [0.25, 0.3) is 0 Å². The first-order chi connectivity index (χ1) is 15.6. The number of benzene rings is 1. The van der Waals surface area contributed by atoms with Gasteiger partial charge in [-0.2, -0.15) is 0 Å². The number of rotatable bonds is 8. The zero-order chi connectivity index (χ0) is 22.9. The minimum atomic E-state index is -0.263. The lowest BCUT2D eigenvalue weighted by atomic mass is 9.96. The van der Waals surface area contributed by atoms with Crippen LogP contribution in [0.2, 0.25) is 0 Å². The summed E-state index contributed by atoms with van der Waals surface area (Å²) in [7, 11) is 3.25. The Labute approximate surface area is 199 Å². The summed E-state index contributed by atoms with van der Waals surface area (Å²) in [6.45, 7) is 2.85. The summed E-state index contributed by atoms with van der Waals surface area (Å²) in [6, 6.07) is 5.88. The molecule has 2 N–H and O–H groups in total. The average molecular weight is 477 g/mol. The molecule has 0 spiro atoms. The second-order valence-corrected chi connectivity index (χ2v) is 9.18. The minimum Gasteiger partial charge on any atom is -0.493 e. The number of nitrogens with one attached hydrogen (secondary N) is 2. The first kappa shape index (κ1) is 24.3. The number of carbonyl (C=O) groups excluding carboxylic acids is 1. The number of hydrogen-bond acceptors (Lipinski definition) is 6. The lowest BCUT2D eigenvalue weighted by Crippen LogP contribution is -2.30. The van der Waals surface area contributed by atoms with Crippen LogP contribution < -0.4 is 20.1 Å². The predicted octanol–water partition coefficient (Wildman–Crippen LogP) is 5.13. The predicted molar refractivity (Wildman–Crippen MR) is 134 cm³/mol. The summed E-state index contributed by atoms with van der Waals surface area (Å²) in [5, 5.41) is 7.82. The number of hydrogen-bond donors (Lipinski definition) is 2. The number of ether oxygens (including phenoxy) is 3. The Morgan fingerprint density at radius 1 is 1.09 bits per heavy atom. The largest absolute Gasteiger partial charge is 0.493 e. The van der Waals surface area contributed by atoms with Gasteiger partial charge < -0.3 is 24.8 Å². The van der Waals surface area contributed by atoms with Crippen molar-refractivity contribution in [2.24, 2.45) is 0 Å². The quantitative estimate of drug-likeness (QED) is 0.404. The van der Waals surface area contributed by atoms with E-state index in [2.05, 4.69) is 10.6 Å². The van der Waals surface area contributed by atoms with E-state index in [0.717, 1.165) is 48.2 Å². The monoisotopic (exact) mass is 476 g/mol. The van der Waals surface area contributed by atoms with Crippen molar-refractivity contribution in [3.05, 3.63) is 39.8 Å². The van der Waals surface area contributed by atoms with E-state index in [1.54, 1.807) is 25.6 Å². The summed E-state index contributed by atoms with van der Waals surface area (Å²) in [6.07, 6.45) is 7.40. The van der Waals surface area contributed by atoms with E-state index >= 15 is 0 Å². The summed E-state index contributed by atoms with van der Waals surface area (Å²) in [4.78, 5) is 14.0. The maximum absolute atomic E-state index is 12.7. The third-order valence-electron chi connectivity index (χ3n) is 5.53. The van der Waals surface area contributed by atoms with Gasteiger partial charge in [-0.05, 0) is 74.5 Å². The molecule has 0 aliphatic heterocycles. The van der Waals surface area contributed by atoms with Crippen molar-refractivity contribution in [2.75, 3.05) is 32.7 Å². The van der Waals surface area contributed by atoms with E-state index < -0.39 is 0 Å². The number of thiocarbonyl (C=S) groups is 1. The molecule has 0 saturated carbocycles. The van der Waals surface area contributed by atoms with E-state index in [-0.39, 0.29) is 5.97 Å². The Balaban J connectivity index is 1.66. The van der Waals surface area contributed by atoms with Gasteiger partial charge in [0, 0.05) is 11.4 Å². The molecule has 3 rings (SSSR count). The highest BCUT2D eigenvalue weighted by atomic mass is 32.1. The van der Waals surface area contributed by atoms with E-state index in [9.17, 15) is 4.79 Å². The number of thiophene rings is 1. The molecule has 2 aromatic rings. The van der Waals surface area contributed by atoms with Crippen molar-refractivity contribution in [3.63, 3.8) is 0 Å². The molecule has 0 amide bonds. The molecule has 1 aromatic carbocycles. The number of aryl methyl sites for hydroxylation is 1. The van der Waals surface area contributed by atoms with Crippen LogP contribution in [0.5, 0.6) is 11.5 Å². The molecule has 0 radical (unpaired) electrons. The van der Waals surface area contributed by atoms with Crippen molar-refractivity contribution in [2.45, 2.75) is 51.9 Å². The van der Waals surface area contributed by atoms with Crippen molar-refractivity contribution in [3.8, 4) is 11.5 Å². The fraction of sp³-hybridized carbons (Fsp3) is 0.500. The van der Waals surface area contributed by atoms with Gasteiger partial charge in [0.1, 0.15) is 5.00 Å². The van der Waals surface area contributed by atoms with E-state index in [0.29, 0.717) is 35.3 Å². The number of anilines is 1. The Kier molecular flexibility index (Phi) is 9.17. The lowest BCUT2D eigenvalue weighted by molar-refractivity contribution is 0.0526. The van der Waals surface area contributed by atoms with Gasteiger partial charge in [0.15, 0.2) is 16.6 Å². The SMILES string of the molecule is CCOC(=O)c1c(NC(=S)NCCc2ccc(OC)c(OC)c2)sc2c1CCCCCC2. The highest BCUT2D eigenvalue weighted by Gasteiger charge is 2.25. The first-order valence-corrected chi connectivity index (χ1v) is 12.4. The molecule has 1 aliphatic rings. The Morgan fingerprint density at radius 3 is 2.56 bits per heavy atom. The maximum Gasteiger partial charge on any atom is 0.341 e. The molecule has 1 aromatic heterocycles. The number of methoxy groups -OCH3 is 2. The molecule has 0 fully saturated rings. The summed E-state index contributed by atoms with van der Waals surface area (Å²) < 4.78 is 16.0. The van der Waals surface area contributed by atoms with Crippen molar-refractivity contribution < 1.29 is 19.0 Å². The van der Waals surface area contributed by atoms with Crippen LogP contribution in [0.1, 0.15) is 59.0 Å². The fourth-order valence-corrected chi connectivity index (χ4v) is 5.48. The van der Waals surface area contributed by atoms with E-state index in [4.69, 9.17) is 26.4 Å². The molecule has 1 heterocycles. The van der Waals surface area contributed by atoms with Gasteiger partial charge in [0.05, 0.1) is 26.4 Å². The van der Waals surface area contributed by atoms with Crippen molar-refractivity contribution in [1.29, 1.82) is 0 Å². The average Bonchev–Trinajstić information content (AvgIpc) is 3.09. The lowest BCUT2D eigenvalue weighted by Gasteiger charge is -2.13. The standard InChI is InChI=1S/C24H32N2O4S2/c1-4-30-23(27)21-17-9-7-5-6-8-10-20(17)32-22(21)26-24(31)25-14-13-16-11-12-18(28-2)19(15-16)29-3/h11-12,15H,4-10,13-14H2,1-3H3,(H2,25,26,31). The van der Waals surface area contributed by atoms with Gasteiger partial charge in [-0.25, -0.2) is 4.79 Å². The van der Waals surface area contributed by atoms with Gasteiger partial charge >= 0.3 is 5.97 Å². The molecule has 1 aliphatic carbocycles. The van der Waals surface area contributed by atoms with Gasteiger partial charge in [0.2, 0.25) is 0 Å². The van der Waals surface area contributed by atoms with Crippen LogP contribution in [-0.4, -0.2) is 38.5 Å². The summed E-state index contributed by atoms with van der Waals surface area (Å²) in [5.41, 5.74) is 2.92. The molecule has 174 valence electrons. The van der Waals surface area contributed by atoms with Crippen LogP contribution in [0, 0.1) is 0 Å². The fourth-order valence-electron chi connectivity index (χ4n) is 3.93. The van der Waals surface area contributed by atoms with E-state index in [1.165, 1.54) is 17.7 Å². The normalized spacial score (nSPS) is 13.3. The van der Waals surface area contributed by atoms with Gasteiger partial charge in [0.25, 0.3) is 0 Å². The van der Waals surface area contributed by atoms with Gasteiger partial charge in [-0.15, -0.1) is 11.3 Å². The second kappa shape index (κ2) is 12.1. The van der Waals surface area contributed by atoms with Crippen LogP contribution in [0.15, 0.2) is 18.2 Å². The van der Waals surface area contributed by atoms with Crippen LogP contribution >= 0.6 is 23.6 Å². The summed E-state index contributed by atoms with van der Waals surface area (Å²) >= 11 is 7.17. The first-order valence-electron chi connectivity index (χ1n) is 11.1. The minimum absolute atomic E-state index is 0.263. The Morgan fingerprint density at radius 2 is 1.84 bits per heavy atom. The zero-order valence-electron chi connectivity index (χ0n) is 19.0. The van der Waals surface area contributed by atoms with Crippen LogP contribution in [0.3, 0.4) is 0 Å². The Hall–Kier alpha value is -2.32. The maximum atomic E-state index is 12.7. The number of carbonyl (C=O) groups is 1. The van der Waals surface area contributed by atoms with Crippen molar-refractivity contribution in [1.82, 2.24) is 5.32 Å². The topological polar surface area (TPSA) is 68.8 Å². The van der Waals surface area contributed by atoms with Crippen molar-refractivity contribution >= 4 is 39.6 Å². The molecule has 0 unspecified atom stereocenters.